The summed E-state index contributed by atoms with van der Waals surface area (Å²) in [6, 6.07) is 3.32. The van der Waals surface area contributed by atoms with Crippen molar-refractivity contribution in [3.05, 3.63) is 35.1 Å². The zero-order chi connectivity index (χ0) is 8.43. The van der Waals surface area contributed by atoms with E-state index in [9.17, 15) is 13.2 Å². The van der Waals surface area contributed by atoms with Gasteiger partial charge in [0.1, 0.15) is 17.4 Å². The summed E-state index contributed by atoms with van der Waals surface area (Å²) in [5, 5.41) is 8.11. The summed E-state index contributed by atoms with van der Waals surface area (Å²) in [5.74, 6) is -3.83. The van der Waals surface area contributed by atoms with Gasteiger partial charge in [-0.2, -0.15) is 5.26 Å². The standard InChI is InChI=1S/C7HF3N/c8-5-1-4(3-11)7(10)6(9)2-5/h2H. The van der Waals surface area contributed by atoms with Crippen molar-refractivity contribution < 1.29 is 13.2 Å². The minimum Gasteiger partial charge on any atom is -0.206 e. The van der Waals surface area contributed by atoms with E-state index >= 15 is 0 Å². The average molecular weight is 156 g/mol. The van der Waals surface area contributed by atoms with Gasteiger partial charge in [0, 0.05) is 12.1 Å². The van der Waals surface area contributed by atoms with Crippen LogP contribution in [0.5, 0.6) is 0 Å². The minimum absolute atomic E-state index is 0.330. The van der Waals surface area contributed by atoms with Crippen LogP contribution in [0.1, 0.15) is 5.56 Å². The van der Waals surface area contributed by atoms with Crippen LogP contribution >= 0.6 is 0 Å². The van der Waals surface area contributed by atoms with Crippen LogP contribution in [0, 0.1) is 34.8 Å². The van der Waals surface area contributed by atoms with E-state index in [0.717, 1.165) is 0 Å². The third-order valence-corrected chi connectivity index (χ3v) is 1.04. The molecule has 0 unspecified atom stereocenters. The van der Waals surface area contributed by atoms with E-state index in [-0.39, 0.29) is 0 Å². The third kappa shape index (κ3) is 1.32. The lowest BCUT2D eigenvalue weighted by molar-refractivity contribution is 0.491. The average Bonchev–Trinajstić information content (AvgIpc) is 1.96. The molecule has 55 valence electrons. The largest absolute Gasteiger partial charge is 0.206 e. The second-order valence-corrected chi connectivity index (χ2v) is 1.77. The van der Waals surface area contributed by atoms with Gasteiger partial charge >= 0.3 is 0 Å². The zero-order valence-electron chi connectivity index (χ0n) is 5.16. The van der Waals surface area contributed by atoms with Gasteiger partial charge in [-0.1, -0.05) is 0 Å². The summed E-state index contributed by atoms with van der Waals surface area (Å²) in [7, 11) is 0. The third-order valence-electron chi connectivity index (χ3n) is 1.04. The van der Waals surface area contributed by atoms with Gasteiger partial charge in [-0.05, 0) is 0 Å². The second-order valence-electron chi connectivity index (χ2n) is 1.77. The van der Waals surface area contributed by atoms with E-state index in [0.29, 0.717) is 6.07 Å². The Balaban J connectivity index is 3.39. The molecule has 0 aliphatic heterocycles. The molecule has 0 fully saturated rings. The molecule has 0 amide bonds. The molecule has 0 aliphatic carbocycles. The Morgan fingerprint density at radius 2 is 2.00 bits per heavy atom. The molecule has 0 atom stereocenters. The summed E-state index contributed by atoms with van der Waals surface area (Å²) < 4.78 is 36.8. The number of rotatable bonds is 0. The van der Waals surface area contributed by atoms with Gasteiger partial charge in [0.15, 0.2) is 11.6 Å². The van der Waals surface area contributed by atoms with Gasteiger partial charge in [0.2, 0.25) is 0 Å². The topological polar surface area (TPSA) is 23.8 Å². The lowest BCUT2D eigenvalue weighted by Crippen LogP contribution is -1.91. The van der Waals surface area contributed by atoms with Crippen LogP contribution in [-0.4, -0.2) is 0 Å². The molecule has 1 aromatic carbocycles. The number of nitriles is 1. The Kier molecular flexibility index (Phi) is 1.81. The Hall–Kier alpha value is -1.50. The fourth-order valence-corrected chi connectivity index (χ4v) is 0.581. The van der Waals surface area contributed by atoms with Crippen LogP contribution in [0.2, 0.25) is 0 Å². The van der Waals surface area contributed by atoms with Crippen LogP contribution in [0.15, 0.2) is 6.07 Å². The first-order chi connectivity index (χ1) is 5.15. The SMILES string of the molecule is N#Cc1[c]c(F)cc(F)c1F. The van der Waals surface area contributed by atoms with Crippen molar-refractivity contribution in [2.45, 2.75) is 0 Å². The van der Waals surface area contributed by atoms with E-state index < -0.39 is 23.0 Å². The highest BCUT2D eigenvalue weighted by molar-refractivity contribution is 5.30. The number of halogens is 3. The van der Waals surface area contributed by atoms with Gasteiger partial charge in [0.25, 0.3) is 0 Å². The second kappa shape index (κ2) is 2.62. The van der Waals surface area contributed by atoms with Crippen molar-refractivity contribution >= 4 is 0 Å². The number of hydrogen-bond donors (Lipinski definition) is 0. The lowest BCUT2D eigenvalue weighted by Gasteiger charge is -1.93. The van der Waals surface area contributed by atoms with E-state index in [4.69, 9.17) is 5.26 Å². The fraction of sp³-hybridized carbons (Fsp3) is 0. The van der Waals surface area contributed by atoms with E-state index in [1.54, 1.807) is 6.07 Å². The summed E-state index contributed by atoms with van der Waals surface area (Å²) in [6.45, 7) is 0. The van der Waals surface area contributed by atoms with Crippen LogP contribution in [0.25, 0.3) is 0 Å². The molecule has 4 heteroatoms. The van der Waals surface area contributed by atoms with Crippen molar-refractivity contribution in [3.63, 3.8) is 0 Å². The Bertz CT molecular complexity index is 327. The molecule has 0 bridgehead atoms. The molecule has 0 aliphatic rings. The Morgan fingerprint density at radius 3 is 2.55 bits per heavy atom. The van der Waals surface area contributed by atoms with Gasteiger partial charge < -0.3 is 0 Å². The molecule has 1 aromatic rings. The number of benzene rings is 1. The first kappa shape index (κ1) is 7.61. The number of hydrogen-bond acceptors (Lipinski definition) is 1. The predicted molar refractivity (Wildman–Crippen MR) is 29.9 cm³/mol. The fourth-order valence-electron chi connectivity index (χ4n) is 0.581. The molecule has 1 radical (unpaired) electrons. The van der Waals surface area contributed by atoms with E-state index in [1.165, 1.54) is 6.07 Å². The minimum atomic E-state index is -1.38. The van der Waals surface area contributed by atoms with Gasteiger partial charge in [-0.3, -0.25) is 0 Å². The van der Waals surface area contributed by atoms with Crippen molar-refractivity contribution in [2.75, 3.05) is 0 Å². The molecular weight excluding hydrogens is 155 g/mol. The molecule has 0 N–H and O–H groups in total. The van der Waals surface area contributed by atoms with Crippen molar-refractivity contribution in [1.29, 1.82) is 5.26 Å². The maximum absolute atomic E-state index is 12.4. The summed E-state index contributed by atoms with van der Waals surface area (Å²) in [4.78, 5) is 0. The maximum Gasteiger partial charge on any atom is 0.177 e. The van der Waals surface area contributed by atoms with Crippen LogP contribution in [0.4, 0.5) is 13.2 Å². The van der Waals surface area contributed by atoms with Gasteiger partial charge in [-0.25, -0.2) is 13.2 Å². The van der Waals surface area contributed by atoms with E-state index in [1.807, 2.05) is 0 Å². The van der Waals surface area contributed by atoms with Crippen molar-refractivity contribution in [3.8, 4) is 6.07 Å². The molecule has 11 heavy (non-hydrogen) atoms. The first-order valence-corrected chi connectivity index (χ1v) is 2.62. The number of nitrogens with zero attached hydrogens (tertiary/aromatic N) is 1. The van der Waals surface area contributed by atoms with Crippen molar-refractivity contribution in [1.82, 2.24) is 0 Å². The molecular formula is C7HF3N. The molecule has 1 nitrogen and oxygen atoms in total. The highest BCUT2D eigenvalue weighted by Crippen LogP contribution is 2.11. The highest BCUT2D eigenvalue weighted by atomic mass is 19.2. The van der Waals surface area contributed by atoms with Crippen LogP contribution in [-0.2, 0) is 0 Å². The molecule has 0 heterocycles. The molecule has 0 saturated heterocycles. The highest BCUT2D eigenvalue weighted by Gasteiger charge is 2.10. The zero-order valence-corrected chi connectivity index (χ0v) is 5.16. The van der Waals surface area contributed by atoms with E-state index in [2.05, 4.69) is 0 Å². The quantitative estimate of drug-likeness (QED) is 0.525. The van der Waals surface area contributed by atoms with Gasteiger partial charge in [0.05, 0.1) is 0 Å². The summed E-state index contributed by atoms with van der Waals surface area (Å²) >= 11 is 0. The monoisotopic (exact) mass is 156 g/mol. The summed E-state index contributed by atoms with van der Waals surface area (Å²) in [6.07, 6.45) is 0. The summed E-state index contributed by atoms with van der Waals surface area (Å²) in [5.41, 5.74) is -0.748. The smallest absolute Gasteiger partial charge is 0.177 e. The predicted octanol–water partition coefficient (Wildman–Crippen LogP) is 1.78. The Labute approximate surface area is 60.7 Å². The van der Waals surface area contributed by atoms with Gasteiger partial charge in [-0.15, -0.1) is 0 Å². The molecule has 0 spiro atoms. The molecule has 0 aromatic heterocycles. The maximum atomic E-state index is 12.4. The molecule has 0 saturated carbocycles. The first-order valence-electron chi connectivity index (χ1n) is 2.62. The van der Waals surface area contributed by atoms with Crippen LogP contribution in [0.3, 0.4) is 0 Å². The van der Waals surface area contributed by atoms with Crippen LogP contribution < -0.4 is 0 Å². The molecule has 1 rings (SSSR count). The lowest BCUT2D eigenvalue weighted by atomic mass is 10.2. The normalized spacial score (nSPS) is 9.27. The van der Waals surface area contributed by atoms with Crippen molar-refractivity contribution in [2.24, 2.45) is 0 Å². The Morgan fingerprint density at radius 1 is 1.36 bits per heavy atom.